The van der Waals surface area contributed by atoms with Crippen LogP contribution in [0.25, 0.3) is 5.70 Å². The van der Waals surface area contributed by atoms with E-state index in [-0.39, 0.29) is 5.41 Å². The van der Waals surface area contributed by atoms with Crippen molar-refractivity contribution in [1.29, 1.82) is 5.41 Å². The van der Waals surface area contributed by atoms with Gasteiger partial charge in [-0.25, -0.2) is 4.99 Å². The number of hydrogen-bond donors (Lipinski definition) is 1. The summed E-state index contributed by atoms with van der Waals surface area (Å²) in [5.74, 6) is 0.936. The number of hydrogen-bond acceptors (Lipinski definition) is 4. The molecule has 1 N–H and O–H groups in total. The number of nitrogens with one attached hydrogen (secondary N) is 1. The monoisotopic (exact) mass is 438 g/mol. The number of allylic oxidation sites excluding steroid dienone is 1. The van der Waals surface area contributed by atoms with E-state index in [0.717, 1.165) is 62.5 Å². The standard InChI is InChI=1S/C29H34N4/c1-4-23-10-11-26-25(18-23)19-29(27-21(2)33(17-14-30)22(3)31-28(26)27)12-15-32(16-13-29)20-24-8-6-5-7-9-24/h5-11,14,18,30H,2,4,12-13,15-17,19-20H2,1,3H3. The topological polar surface area (TPSA) is 42.7 Å². The number of aryl methyl sites for hydroxylation is 1. The Balaban J connectivity index is 1.52. The van der Waals surface area contributed by atoms with Gasteiger partial charge in [0, 0.05) is 35.0 Å². The molecular formula is C29H34N4. The fourth-order valence-corrected chi connectivity index (χ4v) is 5.94. The lowest BCUT2D eigenvalue weighted by Gasteiger charge is -2.49. The molecule has 33 heavy (non-hydrogen) atoms. The zero-order valence-corrected chi connectivity index (χ0v) is 19.9. The zero-order chi connectivity index (χ0) is 23.0. The van der Waals surface area contributed by atoms with Crippen LogP contribution in [0.1, 0.15) is 48.9 Å². The average molecular weight is 439 g/mol. The van der Waals surface area contributed by atoms with Crippen LogP contribution in [0, 0.1) is 10.8 Å². The first-order chi connectivity index (χ1) is 16.0. The number of likely N-dealkylation sites (tertiary alicyclic amines) is 1. The Hall–Kier alpha value is -2.98. The van der Waals surface area contributed by atoms with E-state index < -0.39 is 0 Å². The molecule has 0 radical (unpaired) electrons. The first-order valence-electron chi connectivity index (χ1n) is 12.2. The van der Waals surface area contributed by atoms with E-state index in [2.05, 4.69) is 71.8 Å². The fourth-order valence-electron chi connectivity index (χ4n) is 5.94. The third-order valence-corrected chi connectivity index (χ3v) is 7.74. The molecule has 4 heteroatoms. The Morgan fingerprint density at radius 2 is 1.85 bits per heavy atom. The zero-order valence-electron chi connectivity index (χ0n) is 19.9. The number of piperidine rings is 1. The Morgan fingerprint density at radius 1 is 1.09 bits per heavy atom. The average Bonchev–Trinajstić information content (AvgIpc) is 2.83. The van der Waals surface area contributed by atoms with Gasteiger partial charge in [0.05, 0.1) is 12.2 Å². The Kier molecular flexibility index (Phi) is 5.79. The van der Waals surface area contributed by atoms with Crippen molar-refractivity contribution >= 4 is 17.7 Å². The molecule has 1 aliphatic carbocycles. The van der Waals surface area contributed by atoms with Crippen LogP contribution in [-0.2, 0) is 19.4 Å². The maximum absolute atomic E-state index is 7.70. The summed E-state index contributed by atoms with van der Waals surface area (Å²) in [5, 5.41) is 7.70. The van der Waals surface area contributed by atoms with Gasteiger partial charge in [-0.15, -0.1) is 0 Å². The summed E-state index contributed by atoms with van der Waals surface area (Å²) in [4.78, 5) is 9.84. The van der Waals surface area contributed by atoms with E-state index in [1.165, 1.54) is 34.0 Å². The molecule has 2 aromatic rings. The van der Waals surface area contributed by atoms with Crippen LogP contribution in [0.5, 0.6) is 0 Å². The molecule has 5 rings (SSSR count). The smallest absolute Gasteiger partial charge is 0.106 e. The van der Waals surface area contributed by atoms with E-state index in [9.17, 15) is 0 Å². The third kappa shape index (κ3) is 3.87. The van der Waals surface area contributed by atoms with Crippen LogP contribution in [0.2, 0.25) is 0 Å². The van der Waals surface area contributed by atoms with E-state index in [1.807, 2.05) is 6.92 Å². The number of rotatable bonds is 5. The predicted molar refractivity (Wildman–Crippen MR) is 138 cm³/mol. The van der Waals surface area contributed by atoms with Gasteiger partial charge in [0.25, 0.3) is 0 Å². The van der Waals surface area contributed by atoms with Gasteiger partial charge < -0.3 is 10.3 Å². The summed E-state index contributed by atoms with van der Waals surface area (Å²) >= 11 is 0. The van der Waals surface area contributed by atoms with Gasteiger partial charge in [-0.1, -0.05) is 62.0 Å². The second-order valence-electron chi connectivity index (χ2n) is 9.71. The lowest BCUT2D eigenvalue weighted by molar-refractivity contribution is 0.123. The summed E-state index contributed by atoms with van der Waals surface area (Å²) in [6, 6.07) is 17.7. The Bertz CT molecular complexity index is 1130. The molecule has 0 amide bonds. The molecule has 0 unspecified atom stereocenters. The number of aliphatic imine (C=N–C) groups is 1. The minimum atomic E-state index is 0.0590. The van der Waals surface area contributed by atoms with Crippen LogP contribution in [0.15, 0.2) is 71.4 Å². The molecule has 2 aliphatic heterocycles. The minimum Gasteiger partial charge on any atom is -0.325 e. The van der Waals surface area contributed by atoms with Crippen LogP contribution in [0.4, 0.5) is 0 Å². The van der Waals surface area contributed by atoms with E-state index in [4.69, 9.17) is 10.4 Å². The summed E-state index contributed by atoms with van der Waals surface area (Å²) in [5.41, 5.74) is 9.05. The molecule has 0 saturated carbocycles. The summed E-state index contributed by atoms with van der Waals surface area (Å²) in [6.07, 6.45) is 5.79. The molecule has 4 nitrogen and oxygen atoms in total. The number of amidine groups is 1. The maximum atomic E-state index is 7.70. The summed E-state index contributed by atoms with van der Waals surface area (Å²) in [6.45, 7) is 12.5. The highest BCUT2D eigenvalue weighted by Crippen LogP contribution is 2.53. The predicted octanol–water partition coefficient (Wildman–Crippen LogP) is 5.70. The van der Waals surface area contributed by atoms with Crippen molar-refractivity contribution < 1.29 is 0 Å². The van der Waals surface area contributed by atoms with E-state index in [0.29, 0.717) is 6.54 Å². The van der Waals surface area contributed by atoms with E-state index in [1.54, 1.807) is 0 Å². The second-order valence-corrected chi connectivity index (χ2v) is 9.71. The molecular weight excluding hydrogens is 404 g/mol. The molecule has 1 saturated heterocycles. The SMILES string of the molecule is C=C1C2=C(N=C(C)N1CC=N)c1ccc(CC)cc1CC21CCN(Cc2ccccc2)CC1. The highest BCUT2D eigenvalue weighted by atomic mass is 15.2. The van der Waals surface area contributed by atoms with Gasteiger partial charge in [0.2, 0.25) is 0 Å². The molecule has 2 aromatic carbocycles. The Labute approximate surface area is 197 Å². The fraction of sp³-hybridized carbons (Fsp3) is 0.379. The van der Waals surface area contributed by atoms with Crippen molar-refractivity contribution in [3.8, 4) is 0 Å². The number of nitrogens with zero attached hydrogens (tertiary/aromatic N) is 3. The largest absolute Gasteiger partial charge is 0.325 e. The molecule has 170 valence electrons. The van der Waals surface area contributed by atoms with Crippen molar-refractivity contribution in [3.63, 3.8) is 0 Å². The third-order valence-electron chi connectivity index (χ3n) is 7.74. The minimum absolute atomic E-state index is 0.0590. The lowest BCUT2D eigenvalue weighted by atomic mass is 9.62. The number of benzene rings is 2. The van der Waals surface area contributed by atoms with Gasteiger partial charge in [-0.2, -0.15) is 0 Å². The molecule has 1 fully saturated rings. The van der Waals surface area contributed by atoms with Crippen molar-refractivity contribution in [2.75, 3.05) is 19.6 Å². The van der Waals surface area contributed by atoms with Gasteiger partial charge in [0.15, 0.2) is 0 Å². The quantitative estimate of drug-likeness (QED) is 0.609. The van der Waals surface area contributed by atoms with Crippen molar-refractivity contribution in [2.24, 2.45) is 10.4 Å². The molecule has 0 aromatic heterocycles. The van der Waals surface area contributed by atoms with Crippen LogP contribution in [0.3, 0.4) is 0 Å². The highest BCUT2D eigenvalue weighted by molar-refractivity contribution is 5.95. The van der Waals surface area contributed by atoms with Gasteiger partial charge in [-0.05, 0) is 62.4 Å². The van der Waals surface area contributed by atoms with Crippen LogP contribution >= 0.6 is 0 Å². The first-order valence-corrected chi connectivity index (χ1v) is 12.2. The summed E-state index contributed by atoms with van der Waals surface area (Å²) in [7, 11) is 0. The van der Waals surface area contributed by atoms with Gasteiger partial charge in [-0.3, -0.25) is 4.90 Å². The molecule has 0 atom stereocenters. The van der Waals surface area contributed by atoms with Crippen molar-refractivity contribution in [2.45, 2.75) is 46.1 Å². The first kappa shape index (κ1) is 21.8. The molecule has 0 bridgehead atoms. The second kappa shape index (κ2) is 8.75. The van der Waals surface area contributed by atoms with Crippen LogP contribution < -0.4 is 0 Å². The van der Waals surface area contributed by atoms with Crippen LogP contribution in [-0.4, -0.2) is 41.5 Å². The molecule has 1 spiro atoms. The normalized spacial score (nSPS) is 19.9. The van der Waals surface area contributed by atoms with Gasteiger partial charge in [0.1, 0.15) is 5.84 Å². The van der Waals surface area contributed by atoms with Crippen molar-refractivity contribution in [1.82, 2.24) is 9.80 Å². The van der Waals surface area contributed by atoms with E-state index >= 15 is 0 Å². The number of fused-ring (bicyclic) bond motifs is 3. The lowest BCUT2D eigenvalue weighted by Crippen LogP contribution is -2.47. The molecule has 2 heterocycles. The molecule has 3 aliphatic rings. The Morgan fingerprint density at radius 3 is 2.55 bits per heavy atom. The van der Waals surface area contributed by atoms with Crippen molar-refractivity contribution in [3.05, 3.63) is 88.6 Å². The highest BCUT2D eigenvalue weighted by Gasteiger charge is 2.46. The summed E-state index contributed by atoms with van der Waals surface area (Å²) < 4.78 is 0. The van der Waals surface area contributed by atoms with Gasteiger partial charge >= 0.3 is 0 Å². The maximum Gasteiger partial charge on any atom is 0.106 e.